The fourth-order valence-corrected chi connectivity index (χ4v) is 3.12. The molecule has 0 radical (unpaired) electrons. The van der Waals surface area contributed by atoms with Crippen LogP contribution in [0.1, 0.15) is 15.9 Å². The molecule has 0 spiro atoms. The number of carbonyl (C=O) groups is 1. The maximum atomic E-state index is 12.3. The van der Waals surface area contributed by atoms with Crippen LogP contribution in [0.5, 0.6) is 0 Å². The molecule has 0 aromatic heterocycles. The average molecular weight is 390 g/mol. The zero-order valence-electron chi connectivity index (χ0n) is 12.6. The van der Waals surface area contributed by atoms with Crippen molar-refractivity contribution in [1.82, 2.24) is 0 Å². The van der Waals surface area contributed by atoms with Gasteiger partial charge in [0.05, 0.1) is 5.75 Å². The Morgan fingerprint density at radius 2 is 1.60 bits per heavy atom. The van der Waals surface area contributed by atoms with Gasteiger partial charge in [0.15, 0.2) is 0 Å². The Labute approximate surface area is 146 Å². The molecule has 0 aliphatic heterocycles. The molecule has 2 aromatic rings. The number of thioether (sulfide) groups is 1. The van der Waals surface area contributed by atoms with E-state index in [1.165, 1.54) is 48.5 Å². The van der Waals surface area contributed by atoms with Gasteiger partial charge in [0, 0.05) is 16.1 Å². The van der Waals surface area contributed by atoms with Crippen LogP contribution in [0.3, 0.4) is 0 Å². The Kier molecular flexibility index (Phi) is 5.76. The number of anilines is 1. The number of amides is 1. The third-order valence-corrected chi connectivity index (χ3v) is 4.40. The summed E-state index contributed by atoms with van der Waals surface area (Å²) < 4.78 is 58.8. The first-order valence-electron chi connectivity index (χ1n) is 6.78. The third kappa shape index (κ3) is 6.77. The van der Waals surface area contributed by atoms with Crippen molar-refractivity contribution in [2.24, 2.45) is 5.14 Å². The summed E-state index contributed by atoms with van der Waals surface area (Å²) in [6.07, 6.45) is 0. The normalized spacial score (nSPS) is 12.0. The van der Waals surface area contributed by atoms with Crippen molar-refractivity contribution in [3.8, 4) is 0 Å². The van der Waals surface area contributed by atoms with Gasteiger partial charge in [-0.1, -0.05) is 12.1 Å². The van der Waals surface area contributed by atoms with Gasteiger partial charge in [-0.2, -0.15) is 13.2 Å². The first-order chi connectivity index (χ1) is 11.5. The van der Waals surface area contributed by atoms with Crippen LogP contribution in [-0.2, 0) is 15.8 Å². The summed E-state index contributed by atoms with van der Waals surface area (Å²) >= 11 is -0.260. The van der Waals surface area contributed by atoms with Crippen LogP contribution < -0.4 is 10.5 Å². The molecule has 0 atom stereocenters. The molecule has 0 bridgehead atoms. The summed E-state index contributed by atoms with van der Waals surface area (Å²) in [4.78, 5) is 12.1. The average Bonchev–Trinajstić information content (AvgIpc) is 2.47. The van der Waals surface area contributed by atoms with Gasteiger partial charge in [-0.25, -0.2) is 13.6 Å². The monoisotopic (exact) mass is 390 g/mol. The molecule has 10 heteroatoms. The Morgan fingerprint density at radius 1 is 1.04 bits per heavy atom. The number of nitrogens with two attached hydrogens (primary N) is 1. The number of sulfonamides is 1. The Hall–Kier alpha value is -2.04. The molecule has 2 aromatic carbocycles. The van der Waals surface area contributed by atoms with Gasteiger partial charge in [0.25, 0.3) is 5.91 Å². The number of halogens is 3. The molecular formula is C15H13F3N2O3S2. The van der Waals surface area contributed by atoms with Crippen LogP contribution in [-0.4, -0.2) is 19.8 Å². The molecule has 2 rings (SSSR count). The summed E-state index contributed by atoms with van der Waals surface area (Å²) in [6.45, 7) is 0. The van der Waals surface area contributed by atoms with Gasteiger partial charge in [0.2, 0.25) is 10.0 Å². The minimum atomic E-state index is -4.39. The van der Waals surface area contributed by atoms with E-state index < -0.39 is 21.4 Å². The number of hydrogen-bond donors (Lipinski definition) is 2. The SMILES string of the molecule is NS(=O)(=O)Cc1ccc(NC(=O)c2ccc(SC(F)(F)F)cc2)cc1. The van der Waals surface area contributed by atoms with Crippen molar-refractivity contribution in [2.75, 3.05) is 5.32 Å². The largest absolute Gasteiger partial charge is 0.446 e. The lowest BCUT2D eigenvalue weighted by Gasteiger charge is -2.08. The third-order valence-electron chi connectivity index (χ3n) is 2.93. The molecule has 0 saturated carbocycles. The fraction of sp³-hybridized carbons (Fsp3) is 0.133. The summed E-state index contributed by atoms with van der Waals surface area (Å²) in [6, 6.07) is 11.0. The highest BCUT2D eigenvalue weighted by Gasteiger charge is 2.29. The zero-order chi connectivity index (χ0) is 18.7. The molecule has 0 unspecified atom stereocenters. The van der Waals surface area contributed by atoms with E-state index in [0.717, 1.165) is 0 Å². The summed E-state index contributed by atoms with van der Waals surface area (Å²) in [5.41, 5.74) is -3.31. The number of benzene rings is 2. The predicted molar refractivity (Wildman–Crippen MR) is 89.6 cm³/mol. The van der Waals surface area contributed by atoms with Gasteiger partial charge in [-0.05, 0) is 53.7 Å². The molecule has 0 heterocycles. The number of primary sulfonamides is 1. The van der Waals surface area contributed by atoms with Gasteiger partial charge in [-0.15, -0.1) is 0 Å². The number of rotatable bonds is 5. The van der Waals surface area contributed by atoms with Crippen LogP contribution in [0, 0.1) is 0 Å². The fourth-order valence-electron chi connectivity index (χ4n) is 1.93. The van der Waals surface area contributed by atoms with Crippen LogP contribution >= 0.6 is 11.8 Å². The van der Waals surface area contributed by atoms with Crippen molar-refractivity contribution in [3.05, 3.63) is 59.7 Å². The van der Waals surface area contributed by atoms with E-state index in [9.17, 15) is 26.4 Å². The van der Waals surface area contributed by atoms with Gasteiger partial charge < -0.3 is 5.32 Å². The number of nitrogens with one attached hydrogen (secondary N) is 1. The van der Waals surface area contributed by atoms with Crippen molar-refractivity contribution in [3.63, 3.8) is 0 Å². The molecule has 0 saturated heterocycles. The quantitative estimate of drug-likeness (QED) is 0.767. The van der Waals surface area contributed by atoms with E-state index in [1.54, 1.807) is 0 Å². The van der Waals surface area contributed by atoms with E-state index in [1.807, 2.05) is 0 Å². The molecule has 134 valence electrons. The lowest BCUT2D eigenvalue weighted by Crippen LogP contribution is -2.15. The summed E-state index contributed by atoms with van der Waals surface area (Å²) in [5.74, 6) is -0.817. The molecule has 1 amide bonds. The van der Waals surface area contributed by atoms with Crippen LogP contribution in [0.25, 0.3) is 0 Å². The van der Waals surface area contributed by atoms with E-state index in [0.29, 0.717) is 11.3 Å². The number of carbonyl (C=O) groups excluding carboxylic acids is 1. The second kappa shape index (κ2) is 7.46. The van der Waals surface area contributed by atoms with Crippen LogP contribution in [0.4, 0.5) is 18.9 Å². The molecule has 5 nitrogen and oxygen atoms in total. The van der Waals surface area contributed by atoms with Crippen LogP contribution in [0.15, 0.2) is 53.4 Å². The van der Waals surface area contributed by atoms with E-state index in [-0.39, 0.29) is 28.0 Å². The second-order valence-electron chi connectivity index (χ2n) is 5.03. The van der Waals surface area contributed by atoms with E-state index >= 15 is 0 Å². The van der Waals surface area contributed by atoms with Gasteiger partial charge >= 0.3 is 5.51 Å². The molecule has 0 aliphatic rings. The highest BCUT2D eigenvalue weighted by molar-refractivity contribution is 8.00. The topological polar surface area (TPSA) is 89.3 Å². The Bertz CT molecular complexity index is 849. The zero-order valence-corrected chi connectivity index (χ0v) is 14.2. The van der Waals surface area contributed by atoms with Crippen molar-refractivity contribution in [2.45, 2.75) is 16.2 Å². The maximum absolute atomic E-state index is 12.3. The summed E-state index contributed by atoms with van der Waals surface area (Å²) in [7, 11) is -3.64. The van der Waals surface area contributed by atoms with Crippen molar-refractivity contribution in [1.29, 1.82) is 0 Å². The highest BCUT2D eigenvalue weighted by Crippen LogP contribution is 2.36. The standard InChI is InChI=1S/C15H13F3N2O3S2/c16-15(17,18)24-13-7-3-11(4-8-13)14(21)20-12-5-1-10(2-6-12)9-25(19,22)23/h1-8H,9H2,(H,20,21)(H2,19,22,23). The second-order valence-corrected chi connectivity index (χ2v) is 7.78. The van der Waals surface area contributed by atoms with Crippen molar-refractivity contribution < 1.29 is 26.4 Å². The lowest BCUT2D eigenvalue weighted by molar-refractivity contribution is -0.0328. The Morgan fingerprint density at radius 3 is 2.08 bits per heavy atom. The first-order valence-corrected chi connectivity index (χ1v) is 9.32. The maximum Gasteiger partial charge on any atom is 0.446 e. The highest BCUT2D eigenvalue weighted by atomic mass is 32.2. The first kappa shape index (κ1) is 19.3. The minimum absolute atomic E-state index is 0.0172. The van der Waals surface area contributed by atoms with E-state index in [2.05, 4.69) is 5.32 Å². The van der Waals surface area contributed by atoms with Gasteiger partial charge in [-0.3, -0.25) is 4.79 Å². The smallest absolute Gasteiger partial charge is 0.322 e. The number of hydrogen-bond acceptors (Lipinski definition) is 4. The Balaban J connectivity index is 2.02. The van der Waals surface area contributed by atoms with Crippen molar-refractivity contribution >= 4 is 33.4 Å². The van der Waals surface area contributed by atoms with Crippen LogP contribution in [0.2, 0.25) is 0 Å². The minimum Gasteiger partial charge on any atom is -0.322 e. The molecule has 3 N–H and O–H groups in total. The predicted octanol–water partition coefficient (Wildman–Crippen LogP) is 3.34. The molecular weight excluding hydrogens is 377 g/mol. The lowest BCUT2D eigenvalue weighted by atomic mass is 10.2. The molecule has 25 heavy (non-hydrogen) atoms. The van der Waals surface area contributed by atoms with E-state index in [4.69, 9.17) is 5.14 Å². The van der Waals surface area contributed by atoms with Gasteiger partial charge in [0.1, 0.15) is 0 Å². The molecule has 0 fully saturated rings. The molecule has 0 aliphatic carbocycles. The summed E-state index contributed by atoms with van der Waals surface area (Å²) in [5, 5.41) is 7.51. The number of alkyl halides is 3.